The normalized spacial score (nSPS) is 15.2. The predicted octanol–water partition coefficient (Wildman–Crippen LogP) is 3.05. The van der Waals surface area contributed by atoms with E-state index in [0.717, 1.165) is 12.3 Å². The van der Waals surface area contributed by atoms with Crippen LogP contribution in [0.15, 0.2) is 12.3 Å². The number of hydrogen-bond acceptors (Lipinski definition) is 4. The van der Waals surface area contributed by atoms with E-state index in [4.69, 9.17) is 16.7 Å². The highest BCUT2D eigenvalue weighted by molar-refractivity contribution is 6.33. The van der Waals surface area contributed by atoms with Crippen LogP contribution in [0, 0.1) is 0 Å². The van der Waals surface area contributed by atoms with Crippen LogP contribution in [0.4, 0.5) is 19.0 Å². The SMILES string of the molecule is O=C(O)CCCCC(=O)N1CCN(c2ncc(C(F)(F)F)cc2Cl)CC1. The minimum atomic E-state index is -4.50. The van der Waals surface area contributed by atoms with Gasteiger partial charge in [-0.3, -0.25) is 9.59 Å². The number of unbranched alkanes of at least 4 members (excludes halogenated alkanes) is 1. The van der Waals surface area contributed by atoms with Crippen LogP contribution < -0.4 is 4.90 Å². The minimum Gasteiger partial charge on any atom is -0.481 e. The van der Waals surface area contributed by atoms with Crippen LogP contribution in [0.2, 0.25) is 5.02 Å². The summed E-state index contributed by atoms with van der Waals surface area (Å²) in [5.74, 6) is -0.665. The molecule has 2 rings (SSSR count). The Labute approximate surface area is 153 Å². The second-order valence-electron chi connectivity index (χ2n) is 6.00. The van der Waals surface area contributed by atoms with Crippen molar-refractivity contribution in [2.24, 2.45) is 0 Å². The molecule has 1 aromatic rings. The lowest BCUT2D eigenvalue weighted by Crippen LogP contribution is -2.49. The van der Waals surface area contributed by atoms with Crippen molar-refractivity contribution in [1.82, 2.24) is 9.88 Å². The fraction of sp³-hybridized carbons (Fsp3) is 0.562. The van der Waals surface area contributed by atoms with Crippen LogP contribution >= 0.6 is 11.6 Å². The van der Waals surface area contributed by atoms with E-state index in [-0.39, 0.29) is 29.6 Å². The van der Waals surface area contributed by atoms with Crippen LogP contribution in [-0.4, -0.2) is 53.0 Å². The van der Waals surface area contributed by atoms with Crippen LogP contribution in [-0.2, 0) is 15.8 Å². The lowest BCUT2D eigenvalue weighted by molar-refractivity contribution is -0.138. The smallest absolute Gasteiger partial charge is 0.417 e. The molecule has 10 heteroatoms. The van der Waals surface area contributed by atoms with E-state index < -0.39 is 17.7 Å². The van der Waals surface area contributed by atoms with Crippen LogP contribution in [0.3, 0.4) is 0 Å². The Kier molecular flexibility index (Phi) is 6.69. The summed E-state index contributed by atoms with van der Waals surface area (Å²) in [6.45, 7) is 1.66. The van der Waals surface area contributed by atoms with Crippen molar-refractivity contribution in [3.8, 4) is 0 Å². The Morgan fingerprint density at radius 2 is 1.77 bits per heavy atom. The Balaban J connectivity index is 1.86. The van der Waals surface area contributed by atoms with Crippen molar-refractivity contribution in [3.05, 3.63) is 22.8 Å². The molecule has 0 aliphatic carbocycles. The number of rotatable bonds is 6. The van der Waals surface area contributed by atoms with Crippen molar-refractivity contribution >= 4 is 29.3 Å². The molecule has 1 aliphatic rings. The molecular weight excluding hydrogens is 375 g/mol. The predicted molar refractivity (Wildman–Crippen MR) is 89.1 cm³/mol. The number of anilines is 1. The van der Waals surface area contributed by atoms with E-state index in [1.807, 2.05) is 0 Å². The molecule has 1 N–H and O–H groups in total. The number of pyridine rings is 1. The van der Waals surface area contributed by atoms with Crippen LogP contribution in [0.5, 0.6) is 0 Å². The van der Waals surface area contributed by atoms with Gasteiger partial charge in [0.1, 0.15) is 5.82 Å². The van der Waals surface area contributed by atoms with Gasteiger partial charge in [0.15, 0.2) is 0 Å². The molecule has 0 atom stereocenters. The quantitative estimate of drug-likeness (QED) is 0.752. The second kappa shape index (κ2) is 8.57. The van der Waals surface area contributed by atoms with Crippen molar-refractivity contribution in [3.63, 3.8) is 0 Å². The summed E-state index contributed by atoms with van der Waals surface area (Å²) in [6.07, 6.45) is -2.46. The Morgan fingerprint density at radius 1 is 1.15 bits per heavy atom. The number of alkyl halides is 3. The molecule has 0 unspecified atom stereocenters. The highest BCUT2D eigenvalue weighted by Gasteiger charge is 2.32. The summed E-state index contributed by atoms with van der Waals surface area (Å²) in [4.78, 5) is 29.8. The number of carbonyl (C=O) groups is 2. The Morgan fingerprint density at radius 3 is 2.31 bits per heavy atom. The zero-order valence-corrected chi connectivity index (χ0v) is 14.7. The summed E-state index contributed by atoms with van der Waals surface area (Å²) in [5, 5.41) is 8.49. The molecule has 0 saturated carbocycles. The fourth-order valence-corrected chi connectivity index (χ4v) is 2.98. The number of carboxylic acid groups (broad SMARTS) is 1. The van der Waals surface area contributed by atoms with Crippen molar-refractivity contribution in [2.75, 3.05) is 31.1 Å². The molecule has 1 saturated heterocycles. The van der Waals surface area contributed by atoms with E-state index >= 15 is 0 Å². The third kappa shape index (κ3) is 5.48. The number of aliphatic carboxylic acids is 1. The zero-order chi connectivity index (χ0) is 19.3. The van der Waals surface area contributed by atoms with E-state index in [1.165, 1.54) is 0 Å². The molecule has 144 valence electrons. The minimum absolute atomic E-state index is 0.0408. The first kappa shape index (κ1) is 20.3. The number of amides is 1. The molecular formula is C16H19ClF3N3O3. The number of carbonyl (C=O) groups excluding carboxylic acids is 1. The Bertz CT molecular complexity index is 662. The number of aromatic nitrogens is 1. The van der Waals surface area contributed by atoms with Crippen LogP contribution in [0.25, 0.3) is 0 Å². The first-order valence-corrected chi connectivity index (χ1v) is 8.53. The topological polar surface area (TPSA) is 73.7 Å². The monoisotopic (exact) mass is 393 g/mol. The highest BCUT2D eigenvalue weighted by atomic mass is 35.5. The summed E-state index contributed by atoms with van der Waals surface area (Å²) < 4.78 is 38.0. The van der Waals surface area contributed by atoms with Gasteiger partial charge in [0.25, 0.3) is 0 Å². The van der Waals surface area contributed by atoms with Gasteiger partial charge in [-0.05, 0) is 18.9 Å². The van der Waals surface area contributed by atoms with Crippen molar-refractivity contribution < 1.29 is 27.9 Å². The molecule has 0 bridgehead atoms. The molecule has 26 heavy (non-hydrogen) atoms. The van der Waals surface area contributed by atoms with E-state index in [2.05, 4.69) is 4.98 Å². The van der Waals surface area contributed by atoms with Crippen molar-refractivity contribution in [2.45, 2.75) is 31.9 Å². The van der Waals surface area contributed by atoms with Gasteiger partial charge in [0.2, 0.25) is 5.91 Å². The van der Waals surface area contributed by atoms with Crippen molar-refractivity contribution in [1.29, 1.82) is 0 Å². The largest absolute Gasteiger partial charge is 0.481 e. The highest BCUT2D eigenvalue weighted by Crippen LogP contribution is 2.33. The number of hydrogen-bond donors (Lipinski definition) is 1. The first-order valence-electron chi connectivity index (χ1n) is 8.15. The van der Waals surface area contributed by atoms with Crippen LogP contribution in [0.1, 0.15) is 31.2 Å². The first-order chi connectivity index (χ1) is 12.2. The third-order valence-corrected chi connectivity index (χ3v) is 4.39. The molecule has 0 spiro atoms. The molecule has 0 radical (unpaired) electrons. The maximum atomic E-state index is 12.7. The summed E-state index contributed by atoms with van der Waals surface area (Å²) >= 11 is 5.95. The van der Waals surface area contributed by atoms with Gasteiger partial charge in [-0.25, -0.2) is 4.98 Å². The molecule has 6 nitrogen and oxygen atoms in total. The summed E-state index contributed by atoms with van der Waals surface area (Å²) in [7, 11) is 0. The van der Waals surface area contributed by atoms with Gasteiger partial charge in [0, 0.05) is 45.2 Å². The number of halogens is 4. The standard InChI is InChI=1S/C16H19ClF3N3O3/c17-12-9-11(16(18,19)20)10-21-15(12)23-7-5-22(6-8-23)13(24)3-1-2-4-14(25)26/h9-10H,1-8H2,(H,25,26). The van der Waals surface area contributed by atoms with Gasteiger partial charge in [0.05, 0.1) is 10.6 Å². The van der Waals surface area contributed by atoms with Gasteiger partial charge < -0.3 is 14.9 Å². The van der Waals surface area contributed by atoms with E-state index in [0.29, 0.717) is 39.0 Å². The van der Waals surface area contributed by atoms with Gasteiger partial charge >= 0.3 is 12.1 Å². The lowest BCUT2D eigenvalue weighted by Gasteiger charge is -2.36. The Hall–Kier alpha value is -2.03. The zero-order valence-electron chi connectivity index (χ0n) is 13.9. The molecule has 1 fully saturated rings. The third-order valence-electron chi connectivity index (χ3n) is 4.11. The molecule has 1 amide bonds. The molecule has 1 aromatic heterocycles. The molecule has 2 heterocycles. The lowest BCUT2D eigenvalue weighted by atomic mass is 10.1. The van der Waals surface area contributed by atoms with E-state index in [9.17, 15) is 22.8 Å². The number of carboxylic acids is 1. The summed E-state index contributed by atoms with van der Waals surface area (Å²) in [6, 6.07) is 0.851. The number of nitrogens with zero attached hydrogens (tertiary/aromatic N) is 3. The summed E-state index contributed by atoms with van der Waals surface area (Å²) in [5.41, 5.74) is -0.901. The molecule has 1 aliphatic heterocycles. The maximum absolute atomic E-state index is 12.7. The maximum Gasteiger partial charge on any atom is 0.417 e. The second-order valence-corrected chi connectivity index (χ2v) is 6.40. The van der Waals surface area contributed by atoms with Gasteiger partial charge in [-0.2, -0.15) is 13.2 Å². The molecule has 0 aromatic carbocycles. The van der Waals surface area contributed by atoms with E-state index in [1.54, 1.807) is 9.80 Å². The average Bonchev–Trinajstić information content (AvgIpc) is 2.57. The fourth-order valence-electron chi connectivity index (χ4n) is 2.70. The average molecular weight is 394 g/mol. The van der Waals surface area contributed by atoms with Gasteiger partial charge in [-0.15, -0.1) is 0 Å². The van der Waals surface area contributed by atoms with Gasteiger partial charge in [-0.1, -0.05) is 11.6 Å². The number of piperazine rings is 1.